The number of nitrogens with two attached hydrogens (primary N) is 1. The Balaban J connectivity index is 1.19. The number of hydrogen-bond acceptors (Lipinski definition) is 7. The summed E-state index contributed by atoms with van der Waals surface area (Å²) in [4.78, 5) is 22.0. The molecule has 10 atom stereocenters. The summed E-state index contributed by atoms with van der Waals surface area (Å²) in [6.45, 7) is 2.21. The Morgan fingerprint density at radius 2 is 1.69 bits per heavy atom. The van der Waals surface area contributed by atoms with Crippen molar-refractivity contribution in [2.45, 2.75) is 140 Å². The first-order chi connectivity index (χ1) is 26.5. The van der Waals surface area contributed by atoms with E-state index in [2.05, 4.69) is 30.1 Å². The Labute approximate surface area is 327 Å². The smallest absolute Gasteiger partial charge is 0.309 e. The van der Waals surface area contributed by atoms with Gasteiger partial charge in [0.15, 0.2) is 0 Å². The number of benzene rings is 1. The quantitative estimate of drug-likeness (QED) is 0.0666. The van der Waals surface area contributed by atoms with E-state index in [-0.39, 0.29) is 47.9 Å². The molecule has 0 radical (unpaired) electrons. The Bertz CT molecular complexity index is 1690. The summed E-state index contributed by atoms with van der Waals surface area (Å²) < 4.78 is 0. The summed E-state index contributed by atoms with van der Waals surface area (Å²) in [5.41, 5.74) is 9.08. The van der Waals surface area contributed by atoms with Gasteiger partial charge in [0.1, 0.15) is 11.6 Å². The Hall–Kier alpha value is -3.66. The molecule has 2 fully saturated rings. The predicted molar refractivity (Wildman–Crippen MR) is 215 cm³/mol. The van der Waals surface area contributed by atoms with Crippen LogP contribution in [-0.2, 0) is 17.6 Å². The van der Waals surface area contributed by atoms with Crippen LogP contribution < -0.4 is 10.7 Å². The van der Waals surface area contributed by atoms with E-state index in [1.165, 1.54) is 19.3 Å². The molecule has 2 heterocycles. The zero-order valence-corrected chi connectivity index (χ0v) is 32.7. The van der Waals surface area contributed by atoms with Crippen LogP contribution in [0.15, 0.2) is 67.0 Å². The number of nitrogens with zero attached hydrogens (tertiary/aromatic N) is 2. The highest BCUT2D eigenvalue weighted by Crippen LogP contribution is 2.53. The first-order valence-corrected chi connectivity index (χ1v) is 21.1. The molecule has 1 aromatic carbocycles. The molecule has 7 N–H and O–H groups in total. The number of aromatic nitrogens is 2. The number of hydrogen-bond donors (Lipinski definition) is 6. The van der Waals surface area contributed by atoms with Gasteiger partial charge in [0, 0.05) is 12.1 Å². The molecule has 0 unspecified atom stereocenters. The van der Waals surface area contributed by atoms with Gasteiger partial charge in [-0.25, -0.2) is 4.98 Å². The first kappa shape index (κ1) is 41.0. The molecule has 0 bridgehead atoms. The number of pyridine rings is 1. The fraction of sp³-hybridized carbons (Fsp3) is 0.609. The number of allylic oxidation sites excluding steroid dienone is 1. The van der Waals surface area contributed by atoms with Crippen LogP contribution in [0.5, 0.6) is 5.75 Å². The maximum Gasteiger partial charge on any atom is 0.309 e. The minimum Gasteiger partial charge on any atom is -0.667 e. The normalized spacial score (nSPS) is 31.2. The van der Waals surface area contributed by atoms with E-state index in [1.807, 2.05) is 30.5 Å². The number of aliphatic hydroxyl groups excluding tert-OH is 2. The molecule has 0 saturated heterocycles. The lowest BCUT2D eigenvalue weighted by molar-refractivity contribution is -0.150. The van der Waals surface area contributed by atoms with Gasteiger partial charge >= 0.3 is 5.97 Å². The van der Waals surface area contributed by atoms with E-state index >= 15 is 0 Å². The van der Waals surface area contributed by atoms with Gasteiger partial charge in [-0.3, -0.25) is 4.79 Å². The molecule has 2 saturated carbocycles. The SMILES string of the molecule is CCCCC[C@@H]1C=C[C@@H](CCCC[C@H]2CC[C@@H](c3cc(Cc4ccc(O)cc4)c[n-]3)[C@@H]3C[C@H](Cc4ccnc(N)c4)C[C@@]3(O)CC[C@H](O)[C@H]2C(=O)O)[C@H](O)C1. The lowest BCUT2D eigenvalue weighted by atomic mass is 9.69. The van der Waals surface area contributed by atoms with Gasteiger partial charge in [0.05, 0.1) is 23.7 Å². The molecule has 55 heavy (non-hydrogen) atoms. The lowest BCUT2D eigenvalue weighted by Crippen LogP contribution is -2.42. The summed E-state index contributed by atoms with van der Waals surface area (Å²) in [5.74, 6) is -0.824. The van der Waals surface area contributed by atoms with Gasteiger partial charge < -0.3 is 36.3 Å². The number of unbranched alkanes of at least 4 members (excludes halogenated alkanes) is 3. The van der Waals surface area contributed by atoms with Gasteiger partial charge in [-0.2, -0.15) is 11.9 Å². The highest BCUT2D eigenvalue weighted by Gasteiger charge is 2.50. The Morgan fingerprint density at radius 3 is 2.44 bits per heavy atom. The number of carboxylic acid groups (broad SMARTS) is 1. The number of carbonyl (C=O) groups is 1. The second kappa shape index (κ2) is 19.0. The summed E-state index contributed by atoms with van der Waals surface area (Å²) in [7, 11) is 0. The number of carboxylic acids is 1. The molecule has 2 aromatic heterocycles. The largest absolute Gasteiger partial charge is 0.667 e. The highest BCUT2D eigenvalue weighted by molar-refractivity contribution is 5.71. The van der Waals surface area contributed by atoms with Crippen LogP contribution >= 0.6 is 0 Å². The van der Waals surface area contributed by atoms with Crippen LogP contribution in [0.4, 0.5) is 5.82 Å². The van der Waals surface area contributed by atoms with Crippen molar-refractivity contribution in [1.82, 2.24) is 9.97 Å². The minimum absolute atomic E-state index is 0.0777. The van der Waals surface area contributed by atoms with Crippen molar-refractivity contribution in [1.29, 1.82) is 0 Å². The monoisotopic (exact) mass is 754 g/mol. The van der Waals surface area contributed by atoms with Crippen molar-refractivity contribution in [3.05, 3.63) is 89.4 Å². The molecule has 6 rings (SSSR count). The summed E-state index contributed by atoms with van der Waals surface area (Å²) in [6, 6.07) is 13.2. The minimum atomic E-state index is -1.08. The Morgan fingerprint density at radius 1 is 0.909 bits per heavy atom. The lowest BCUT2D eigenvalue weighted by Gasteiger charge is -2.41. The number of nitrogen functional groups attached to an aromatic ring is 1. The maximum absolute atomic E-state index is 12.9. The summed E-state index contributed by atoms with van der Waals surface area (Å²) >= 11 is 0. The third kappa shape index (κ3) is 10.8. The van der Waals surface area contributed by atoms with Crippen molar-refractivity contribution in [3.63, 3.8) is 0 Å². The number of anilines is 1. The molecular formula is C46H64N3O6-. The van der Waals surface area contributed by atoms with Crippen molar-refractivity contribution in [3.8, 4) is 5.75 Å². The third-order valence-electron chi connectivity index (χ3n) is 13.4. The zero-order chi connectivity index (χ0) is 39.0. The number of aliphatic carboxylic acids is 1. The van der Waals surface area contributed by atoms with E-state index in [4.69, 9.17) is 10.7 Å². The number of fused-ring (bicyclic) bond motifs is 1. The van der Waals surface area contributed by atoms with E-state index in [0.717, 1.165) is 67.3 Å². The highest BCUT2D eigenvalue weighted by atomic mass is 16.4. The van der Waals surface area contributed by atoms with Crippen LogP contribution in [0.3, 0.4) is 0 Å². The van der Waals surface area contributed by atoms with Crippen LogP contribution in [0, 0.1) is 35.5 Å². The van der Waals surface area contributed by atoms with Gasteiger partial charge in [-0.1, -0.05) is 74.9 Å². The van der Waals surface area contributed by atoms with Crippen molar-refractivity contribution < 1.29 is 30.3 Å². The second-order valence-corrected chi connectivity index (χ2v) is 17.4. The zero-order valence-electron chi connectivity index (χ0n) is 32.7. The number of aliphatic hydroxyl groups is 3. The van der Waals surface area contributed by atoms with Crippen molar-refractivity contribution >= 4 is 11.8 Å². The molecule has 300 valence electrons. The molecule has 3 aromatic rings. The second-order valence-electron chi connectivity index (χ2n) is 17.4. The van der Waals surface area contributed by atoms with Gasteiger partial charge in [-0.05, 0) is 142 Å². The predicted octanol–water partition coefficient (Wildman–Crippen LogP) is 7.95. The van der Waals surface area contributed by atoms with E-state index < -0.39 is 23.6 Å². The van der Waals surface area contributed by atoms with E-state index in [9.17, 15) is 30.3 Å². The average molecular weight is 755 g/mol. The summed E-state index contributed by atoms with van der Waals surface area (Å²) in [6.07, 6.45) is 20.2. The van der Waals surface area contributed by atoms with E-state index in [0.29, 0.717) is 50.3 Å². The molecule has 0 spiro atoms. The molecule has 0 amide bonds. The maximum atomic E-state index is 12.9. The topological polar surface area (TPSA) is 171 Å². The molecule has 3 aliphatic rings. The number of phenols is 1. The van der Waals surface area contributed by atoms with E-state index in [1.54, 1.807) is 18.3 Å². The van der Waals surface area contributed by atoms with Crippen LogP contribution in [0.1, 0.15) is 132 Å². The fourth-order valence-electron chi connectivity index (χ4n) is 10.5. The van der Waals surface area contributed by atoms with Crippen LogP contribution in [0.25, 0.3) is 0 Å². The van der Waals surface area contributed by atoms with Gasteiger partial charge in [0.25, 0.3) is 0 Å². The number of aromatic hydroxyl groups is 1. The standard InChI is InChI=1S/C46H64N3O6/c1-2-3-4-7-30-10-13-35(42(52)26-30)8-5-6-9-36-14-17-38(40-25-34(29-49-40)22-31-11-15-37(50)16-12-31)39-24-33(23-32-19-21-48-43(47)27-32)28-46(39,55)20-18-41(51)44(36)45(53)54/h10-13,15-16,19,21,25,27,29-30,33,35-36,38-39,41-42,44,50-52,55H,2-9,14,17-18,20,22-24,26,28H2,1H3,(H2,47,48)(H,53,54)/q-1/t30-,33+,35-,36+,38-,39+,41+,42-,44+,46+/m1/s1. The van der Waals surface area contributed by atoms with Gasteiger partial charge in [-0.15, -0.1) is 0 Å². The third-order valence-corrected chi connectivity index (χ3v) is 13.4. The van der Waals surface area contributed by atoms with Crippen molar-refractivity contribution in [2.75, 3.05) is 5.73 Å². The number of rotatable bonds is 15. The Kier molecular flexibility index (Phi) is 14.1. The molecular weight excluding hydrogens is 691 g/mol. The summed E-state index contributed by atoms with van der Waals surface area (Å²) in [5, 5.41) is 55.4. The molecule has 3 aliphatic carbocycles. The van der Waals surface area contributed by atoms with Crippen molar-refractivity contribution in [2.24, 2.45) is 35.5 Å². The fourth-order valence-corrected chi connectivity index (χ4v) is 10.5. The first-order valence-electron chi connectivity index (χ1n) is 21.1. The molecule has 0 aliphatic heterocycles. The average Bonchev–Trinajstić information content (AvgIpc) is 3.74. The van der Waals surface area contributed by atoms with Gasteiger partial charge in [0.2, 0.25) is 0 Å². The van der Waals surface area contributed by atoms with Crippen LogP contribution in [-0.4, -0.2) is 54.3 Å². The molecule has 9 heteroatoms. The number of phenolic OH excluding ortho intramolecular Hbond substituents is 1. The molecule has 9 nitrogen and oxygen atoms in total. The van der Waals surface area contributed by atoms with Crippen LogP contribution in [0.2, 0.25) is 0 Å².